The summed E-state index contributed by atoms with van der Waals surface area (Å²) in [4.78, 5) is 10.5. The standard InChI is InChI=1S/C10H7B2F3O2/c11-9(12,5-8(16)17)6-2-1-3-7(4-6)10(13,14)15/h1-4H,5H2,(H,16,17). The Morgan fingerprint density at radius 1 is 1.24 bits per heavy atom. The Hall–Kier alpha value is -1.39. The van der Waals surface area contributed by atoms with Crippen LogP contribution in [0.3, 0.4) is 0 Å². The van der Waals surface area contributed by atoms with Crippen molar-refractivity contribution in [3.05, 3.63) is 35.4 Å². The zero-order valence-corrected chi connectivity index (χ0v) is 8.66. The number of carboxylic acids is 1. The number of hydrogen-bond donors (Lipinski definition) is 1. The van der Waals surface area contributed by atoms with E-state index in [1.807, 2.05) is 0 Å². The lowest BCUT2D eigenvalue weighted by molar-refractivity contribution is -0.138. The van der Waals surface area contributed by atoms with Crippen LogP contribution in [0.5, 0.6) is 0 Å². The number of halogens is 3. The number of carboxylic acid groups (broad SMARTS) is 1. The predicted octanol–water partition coefficient (Wildman–Crippen LogP) is 1.67. The number of carbonyl (C=O) groups is 1. The van der Waals surface area contributed by atoms with Gasteiger partial charge in [0.05, 0.1) is 21.3 Å². The van der Waals surface area contributed by atoms with Gasteiger partial charge in [-0.2, -0.15) is 13.2 Å². The van der Waals surface area contributed by atoms with E-state index in [-0.39, 0.29) is 5.56 Å². The first-order valence-electron chi connectivity index (χ1n) is 4.60. The Bertz CT molecular complexity index is 430. The van der Waals surface area contributed by atoms with E-state index in [4.69, 9.17) is 20.8 Å². The number of aliphatic carboxylic acids is 1. The molecule has 2 nitrogen and oxygen atoms in total. The van der Waals surface area contributed by atoms with Gasteiger partial charge in [0.1, 0.15) is 0 Å². The van der Waals surface area contributed by atoms with Crippen molar-refractivity contribution >= 4 is 21.7 Å². The normalized spacial score (nSPS) is 12.4. The number of benzene rings is 1. The lowest BCUT2D eigenvalue weighted by Gasteiger charge is -2.25. The molecule has 0 aliphatic rings. The van der Waals surface area contributed by atoms with Crippen LogP contribution in [0.15, 0.2) is 24.3 Å². The van der Waals surface area contributed by atoms with E-state index in [9.17, 15) is 18.0 Å². The molecule has 86 valence electrons. The molecule has 0 atom stereocenters. The SMILES string of the molecule is [B]C([B])(CC(=O)O)c1cccc(C(F)(F)F)c1. The molecule has 0 saturated heterocycles. The first kappa shape index (κ1) is 13.7. The first-order valence-corrected chi connectivity index (χ1v) is 4.60. The average Bonchev–Trinajstić information content (AvgIpc) is 2.14. The van der Waals surface area contributed by atoms with E-state index in [2.05, 4.69) is 0 Å². The van der Waals surface area contributed by atoms with Crippen LogP contribution in [0.2, 0.25) is 0 Å². The maximum Gasteiger partial charge on any atom is 0.416 e. The maximum absolute atomic E-state index is 12.4. The largest absolute Gasteiger partial charge is 0.481 e. The molecule has 1 aromatic rings. The van der Waals surface area contributed by atoms with Crippen LogP contribution < -0.4 is 0 Å². The summed E-state index contributed by atoms with van der Waals surface area (Å²) in [6.45, 7) is 0. The molecule has 0 aliphatic carbocycles. The highest BCUT2D eigenvalue weighted by molar-refractivity contribution is 6.41. The van der Waals surface area contributed by atoms with Gasteiger partial charge in [-0.1, -0.05) is 29.0 Å². The molecule has 7 heteroatoms. The van der Waals surface area contributed by atoms with Crippen molar-refractivity contribution < 1.29 is 23.1 Å². The van der Waals surface area contributed by atoms with Gasteiger partial charge in [-0.05, 0) is 6.07 Å². The zero-order valence-electron chi connectivity index (χ0n) is 8.66. The van der Waals surface area contributed by atoms with Crippen molar-refractivity contribution in [2.45, 2.75) is 17.8 Å². The van der Waals surface area contributed by atoms with Crippen LogP contribution in [0, 0.1) is 0 Å². The van der Waals surface area contributed by atoms with Crippen LogP contribution in [-0.4, -0.2) is 26.8 Å². The first-order chi connectivity index (χ1) is 7.63. The van der Waals surface area contributed by atoms with E-state index in [0.29, 0.717) is 0 Å². The molecule has 1 N–H and O–H groups in total. The van der Waals surface area contributed by atoms with Gasteiger partial charge in [-0.3, -0.25) is 4.79 Å². The Morgan fingerprint density at radius 2 is 1.76 bits per heavy atom. The second kappa shape index (κ2) is 4.47. The molecule has 0 aliphatic heterocycles. The minimum Gasteiger partial charge on any atom is -0.481 e. The van der Waals surface area contributed by atoms with Crippen molar-refractivity contribution in [1.29, 1.82) is 0 Å². The summed E-state index contributed by atoms with van der Waals surface area (Å²) in [7, 11) is 11.0. The van der Waals surface area contributed by atoms with Gasteiger partial charge < -0.3 is 5.11 Å². The van der Waals surface area contributed by atoms with Gasteiger partial charge in [0, 0.05) is 6.42 Å². The molecule has 0 bridgehead atoms. The second-order valence-electron chi connectivity index (χ2n) is 3.69. The summed E-state index contributed by atoms with van der Waals surface area (Å²) >= 11 is 0. The molecule has 1 rings (SSSR count). The van der Waals surface area contributed by atoms with Gasteiger partial charge in [-0.25, -0.2) is 0 Å². The summed E-state index contributed by atoms with van der Waals surface area (Å²) in [5, 5.41) is 6.73. The molecule has 0 amide bonds. The van der Waals surface area contributed by atoms with Crippen molar-refractivity contribution in [3.63, 3.8) is 0 Å². The highest BCUT2D eigenvalue weighted by Gasteiger charge is 2.32. The molecule has 0 aromatic heterocycles. The van der Waals surface area contributed by atoms with E-state index in [1.54, 1.807) is 0 Å². The van der Waals surface area contributed by atoms with Gasteiger partial charge >= 0.3 is 12.1 Å². The Kier molecular flexibility index (Phi) is 3.59. The maximum atomic E-state index is 12.4. The smallest absolute Gasteiger partial charge is 0.416 e. The summed E-state index contributed by atoms with van der Waals surface area (Å²) in [5.74, 6) is -1.28. The lowest BCUT2D eigenvalue weighted by Crippen LogP contribution is -2.30. The van der Waals surface area contributed by atoms with Gasteiger partial charge in [0.15, 0.2) is 0 Å². The Morgan fingerprint density at radius 3 is 2.24 bits per heavy atom. The van der Waals surface area contributed by atoms with E-state index in [1.165, 1.54) is 6.07 Å². The van der Waals surface area contributed by atoms with Crippen LogP contribution in [0.1, 0.15) is 17.5 Å². The van der Waals surface area contributed by atoms with Crippen LogP contribution >= 0.6 is 0 Å². The molecule has 17 heavy (non-hydrogen) atoms. The third kappa shape index (κ3) is 3.54. The van der Waals surface area contributed by atoms with Crippen molar-refractivity contribution in [1.82, 2.24) is 0 Å². The van der Waals surface area contributed by atoms with E-state index in [0.717, 1.165) is 18.2 Å². The van der Waals surface area contributed by atoms with Crippen molar-refractivity contribution in [2.75, 3.05) is 0 Å². The fraction of sp³-hybridized carbons (Fsp3) is 0.300. The van der Waals surface area contributed by atoms with Gasteiger partial charge in [0.25, 0.3) is 0 Å². The second-order valence-corrected chi connectivity index (χ2v) is 3.69. The summed E-state index contributed by atoms with van der Waals surface area (Å²) in [6, 6.07) is 4.01. The average molecular weight is 238 g/mol. The Labute approximate surface area is 98.6 Å². The topological polar surface area (TPSA) is 37.3 Å². The monoisotopic (exact) mass is 238 g/mol. The van der Waals surface area contributed by atoms with Gasteiger partial charge in [-0.15, -0.1) is 0 Å². The van der Waals surface area contributed by atoms with Crippen molar-refractivity contribution in [2.24, 2.45) is 0 Å². The van der Waals surface area contributed by atoms with Gasteiger partial charge in [0.2, 0.25) is 0 Å². The highest BCUT2D eigenvalue weighted by Crippen LogP contribution is 2.32. The summed E-state index contributed by atoms with van der Waals surface area (Å²) in [6.07, 6.45) is -5.18. The molecule has 0 spiro atoms. The van der Waals surface area contributed by atoms with Crippen molar-refractivity contribution in [3.8, 4) is 0 Å². The fourth-order valence-electron chi connectivity index (χ4n) is 1.34. The molecule has 0 saturated carbocycles. The third-order valence-corrected chi connectivity index (χ3v) is 2.17. The summed E-state index contributed by atoms with van der Waals surface area (Å²) in [5.41, 5.74) is -0.990. The molecule has 0 unspecified atom stereocenters. The quantitative estimate of drug-likeness (QED) is 0.813. The molecular formula is C10H7B2F3O2. The molecule has 4 radical (unpaired) electrons. The predicted molar refractivity (Wildman–Crippen MR) is 56.9 cm³/mol. The van der Waals surface area contributed by atoms with Crippen LogP contribution in [-0.2, 0) is 16.2 Å². The molecular weight excluding hydrogens is 231 g/mol. The Balaban J connectivity index is 3.11. The van der Waals surface area contributed by atoms with Crippen LogP contribution in [0.4, 0.5) is 13.2 Å². The van der Waals surface area contributed by atoms with E-state index >= 15 is 0 Å². The molecule has 0 fully saturated rings. The fourth-order valence-corrected chi connectivity index (χ4v) is 1.34. The molecule has 1 aromatic carbocycles. The third-order valence-electron chi connectivity index (χ3n) is 2.17. The number of hydrogen-bond acceptors (Lipinski definition) is 1. The van der Waals surface area contributed by atoms with E-state index < -0.39 is 29.3 Å². The summed E-state index contributed by atoms with van der Waals surface area (Å²) < 4.78 is 37.3. The number of alkyl halides is 3. The minimum absolute atomic E-state index is 0.0743. The molecule has 0 heterocycles. The highest BCUT2D eigenvalue weighted by atomic mass is 19.4. The lowest BCUT2D eigenvalue weighted by atomic mass is 9.49. The number of rotatable bonds is 3. The van der Waals surface area contributed by atoms with Crippen LogP contribution in [0.25, 0.3) is 0 Å². The zero-order chi connectivity index (χ0) is 13.3. The minimum atomic E-state index is -4.52.